The number of carbonyl (C=O) groups excluding carboxylic acids is 1. The minimum Gasteiger partial charge on any atom is -0.444 e. The molecule has 1 heterocycles. The molecule has 0 spiro atoms. The fourth-order valence-electron chi connectivity index (χ4n) is 2.48. The van der Waals surface area contributed by atoms with Crippen molar-refractivity contribution in [2.75, 3.05) is 18.4 Å². The number of anilines is 1. The Morgan fingerprint density at radius 3 is 2.91 bits per heavy atom. The van der Waals surface area contributed by atoms with Crippen molar-refractivity contribution >= 4 is 23.4 Å². The van der Waals surface area contributed by atoms with Gasteiger partial charge in [0.05, 0.1) is 16.8 Å². The average molecular weight is 329 g/mol. The number of ether oxygens (including phenoxy) is 1. The molecule has 1 unspecified atom stereocenters. The molecule has 6 heteroatoms. The van der Waals surface area contributed by atoms with Crippen LogP contribution in [0.1, 0.15) is 33.6 Å². The van der Waals surface area contributed by atoms with Crippen LogP contribution in [0.15, 0.2) is 18.2 Å². The Bertz CT molecular complexity index is 545. The van der Waals surface area contributed by atoms with Gasteiger partial charge in [0.15, 0.2) is 5.82 Å². The molecule has 0 aromatic heterocycles. The van der Waals surface area contributed by atoms with Gasteiger partial charge in [-0.05, 0) is 45.7 Å². The van der Waals surface area contributed by atoms with Gasteiger partial charge in [-0.25, -0.2) is 9.18 Å². The molecular weight excluding hydrogens is 307 g/mol. The quantitative estimate of drug-likeness (QED) is 0.900. The SMILES string of the molecule is CC(C)(C)OC(=O)N1CCCC1CNc1cccc(Cl)c1F. The predicted octanol–water partition coefficient (Wildman–Crippen LogP) is 4.29. The molecule has 1 fully saturated rings. The minimum absolute atomic E-state index is 0.00627. The first-order valence-corrected chi connectivity index (χ1v) is 7.83. The lowest BCUT2D eigenvalue weighted by Gasteiger charge is -2.29. The van der Waals surface area contributed by atoms with Crippen LogP contribution in [0.25, 0.3) is 0 Å². The maximum atomic E-state index is 13.9. The summed E-state index contributed by atoms with van der Waals surface area (Å²) < 4.78 is 19.3. The highest BCUT2D eigenvalue weighted by atomic mass is 35.5. The number of nitrogens with zero attached hydrogens (tertiary/aromatic N) is 1. The zero-order valence-electron chi connectivity index (χ0n) is 13.2. The smallest absolute Gasteiger partial charge is 0.410 e. The van der Waals surface area contributed by atoms with Gasteiger partial charge >= 0.3 is 6.09 Å². The Balaban J connectivity index is 1.97. The summed E-state index contributed by atoms with van der Waals surface area (Å²) in [5, 5.41) is 3.12. The molecular formula is C16H22ClFN2O2. The van der Waals surface area contributed by atoms with E-state index in [4.69, 9.17) is 16.3 Å². The van der Waals surface area contributed by atoms with Crippen LogP contribution in [0.2, 0.25) is 5.02 Å². The molecule has 1 amide bonds. The van der Waals surface area contributed by atoms with Crippen LogP contribution in [-0.2, 0) is 4.74 Å². The van der Waals surface area contributed by atoms with Crippen LogP contribution in [-0.4, -0.2) is 35.7 Å². The van der Waals surface area contributed by atoms with E-state index in [1.54, 1.807) is 17.0 Å². The van der Waals surface area contributed by atoms with Gasteiger partial charge < -0.3 is 15.0 Å². The number of rotatable bonds is 3. The van der Waals surface area contributed by atoms with E-state index in [9.17, 15) is 9.18 Å². The van der Waals surface area contributed by atoms with Crippen molar-refractivity contribution in [1.82, 2.24) is 4.90 Å². The molecule has 4 nitrogen and oxygen atoms in total. The lowest BCUT2D eigenvalue weighted by atomic mass is 10.2. The molecule has 0 radical (unpaired) electrons. The maximum absolute atomic E-state index is 13.9. The van der Waals surface area contributed by atoms with Crippen molar-refractivity contribution in [3.8, 4) is 0 Å². The lowest BCUT2D eigenvalue weighted by Crippen LogP contribution is -2.42. The molecule has 1 N–H and O–H groups in total. The second-order valence-corrected chi connectivity index (χ2v) is 6.86. The summed E-state index contributed by atoms with van der Waals surface area (Å²) in [6.07, 6.45) is 1.47. The Hall–Kier alpha value is -1.49. The van der Waals surface area contributed by atoms with Crippen molar-refractivity contribution in [2.24, 2.45) is 0 Å². The summed E-state index contributed by atoms with van der Waals surface area (Å²) in [5.41, 5.74) is -0.167. The van der Waals surface area contributed by atoms with E-state index in [-0.39, 0.29) is 17.2 Å². The van der Waals surface area contributed by atoms with E-state index in [0.717, 1.165) is 12.8 Å². The predicted molar refractivity (Wildman–Crippen MR) is 85.9 cm³/mol. The highest BCUT2D eigenvalue weighted by molar-refractivity contribution is 6.31. The highest BCUT2D eigenvalue weighted by Gasteiger charge is 2.32. The molecule has 1 aliphatic heterocycles. The van der Waals surface area contributed by atoms with E-state index < -0.39 is 11.4 Å². The molecule has 1 atom stereocenters. The molecule has 1 aromatic rings. The fraction of sp³-hybridized carbons (Fsp3) is 0.562. The van der Waals surface area contributed by atoms with Crippen molar-refractivity contribution in [1.29, 1.82) is 0 Å². The van der Waals surface area contributed by atoms with Crippen LogP contribution in [0.5, 0.6) is 0 Å². The van der Waals surface area contributed by atoms with Crippen LogP contribution < -0.4 is 5.32 Å². The Morgan fingerprint density at radius 2 is 2.23 bits per heavy atom. The third kappa shape index (κ3) is 4.26. The van der Waals surface area contributed by atoms with Crippen LogP contribution in [0.3, 0.4) is 0 Å². The molecule has 1 saturated heterocycles. The van der Waals surface area contributed by atoms with Gasteiger partial charge in [-0.2, -0.15) is 0 Å². The number of amides is 1. The molecule has 0 saturated carbocycles. The molecule has 0 aliphatic carbocycles. The second kappa shape index (κ2) is 6.73. The largest absolute Gasteiger partial charge is 0.444 e. The van der Waals surface area contributed by atoms with E-state index in [1.165, 1.54) is 6.07 Å². The number of hydrogen-bond acceptors (Lipinski definition) is 3. The maximum Gasteiger partial charge on any atom is 0.410 e. The molecule has 0 bridgehead atoms. The van der Waals surface area contributed by atoms with Crippen molar-refractivity contribution < 1.29 is 13.9 Å². The first-order chi connectivity index (χ1) is 10.3. The fourth-order valence-corrected chi connectivity index (χ4v) is 2.65. The second-order valence-electron chi connectivity index (χ2n) is 6.45. The van der Waals surface area contributed by atoms with Gasteiger partial charge in [0, 0.05) is 13.1 Å². The van der Waals surface area contributed by atoms with Gasteiger partial charge in [0.2, 0.25) is 0 Å². The van der Waals surface area contributed by atoms with Crippen molar-refractivity contribution in [3.63, 3.8) is 0 Å². The monoisotopic (exact) mass is 328 g/mol. The first-order valence-electron chi connectivity index (χ1n) is 7.45. The Morgan fingerprint density at radius 1 is 1.50 bits per heavy atom. The zero-order valence-corrected chi connectivity index (χ0v) is 13.9. The number of carbonyl (C=O) groups is 1. The van der Waals surface area contributed by atoms with Gasteiger partial charge in [-0.3, -0.25) is 0 Å². The normalized spacial score (nSPS) is 18.4. The summed E-state index contributed by atoms with van der Waals surface area (Å²) in [6, 6.07) is 4.82. The lowest BCUT2D eigenvalue weighted by molar-refractivity contribution is 0.0235. The Kier molecular flexibility index (Phi) is 5.16. The number of likely N-dealkylation sites (tertiary alicyclic amines) is 1. The first kappa shape index (κ1) is 16.9. The van der Waals surface area contributed by atoms with E-state index in [2.05, 4.69) is 5.32 Å². The van der Waals surface area contributed by atoms with Gasteiger partial charge in [0.1, 0.15) is 5.60 Å². The molecule has 122 valence electrons. The molecule has 2 rings (SSSR count). The number of nitrogens with one attached hydrogen (secondary N) is 1. The van der Waals surface area contributed by atoms with Crippen LogP contribution >= 0.6 is 11.6 Å². The van der Waals surface area contributed by atoms with E-state index >= 15 is 0 Å². The summed E-state index contributed by atoms with van der Waals surface area (Å²) in [7, 11) is 0. The number of halogens is 2. The van der Waals surface area contributed by atoms with E-state index in [0.29, 0.717) is 18.8 Å². The molecule has 1 aromatic carbocycles. The molecule has 22 heavy (non-hydrogen) atoms. The summed E-state index contributed by atoms with van der Waals surface area (Å²) >= 11 is 5.76. The molecule has 1 aliphatic rings. The topological polar surface area (TPSA) is 41.6 Å². The summed E-state index contributed by atoms with van der Waals surface area (Å²) in [6.45, 7) is 6.66. The van der Waals surface area contributed by atoms with Crippen molar-refractivity contribution in [3.05, 3.63) is 29.0 Å². The highest BCUT2D eigenvalue weighted by Crippen LogP contribution is 2.24. The minimum atomic E-state index is -0.517. The number of hydrogen-bond donors (Lipinski definition) is 1. The average Bonchev–Trinajstić information content (AvgIpc) is 2.87. The third-order valence-corrected chi connectivity index (χ3v) is 3.78. The Labute approximate surface area is 135 Å². The van der Waals surface area contributed by atoms with Crippen LogP contribution in [0.4, 0.5) is 14.9 Å². The van der Waals surface area contributed by atoms with Gasteiger partial charge in [-0.15, -0.1) is 0 Å². The number of benzene rings is 1. The third-order valence-electron chi connectivity index (χ3n) is 3.48. The van der Waals surface area contributed by atoms with Gasteiger partial charge in [-0.1, -0.05) is 17.7 Å². The standard InChI is InChI=1S/C16H22ClFN2O2/c1-16(2,3)22-15(21)20-9-5-6-11(20)10-19-13-8-4-7-12(17)14(13)18/h4,7-8,11,19H,5-6,9-10H2,1-3H3. The summed E-state index contributed by atoms with van der Waals surface area (Å²) in [4.78, 5) is 13.9. The van der Waals surface area contributed by atoms with E-state index in [1.807, 2.05) is 20.8 Å². The van der Waals surface area contributed by atoms with Crippen molar-refractivity contribution in [2.45, 2.75) is 45.3 Å². The summed E-state index contributed by atoms with van der Waals surface area (Å²) in [5.74, 6) is -0.467. The zero-order chi connectivity index (χ0) is 16.3. The van der Waals surface area contributed by atoms with Crippen LogP contribution in [0, 0.1) is 5.82 Å². The van der Waals surface area contributed by atoms with Gasteiger partial charge in [0.25, 0.3) is 0 Å².